The molecule has 0 aromatic carbocycles. The number of rotatable bonds is 3. The third kappa shape index (κ3) is 2.92. The van der Waals surface area contributed by atoms with E-state index in [1.54, 1.807) is 6.92 Å². The van der Waals surface area contributed by atoms with E-state index in [0.717, 1.165) is 6.20 Å². The topological polar surface area (TPSA) is 78.1 Å². The molecule has 0 bridgehead atoms. The van der Waals surface area contributed by atoms with Gasteiger partial charge in [0, 0.05) is 6.20 Å². The summed E-state index contributed by atoms with van der Waals surface area (Å²) in [6.07, 6.45) is 3.83. The molecule has 0 radical (unpaired) electrons. The maximum atomic E-state index is 11.4. The third-order valence-electron chi connectivity index (χ3n) is 1.56. The Morgan fingerprint density at radius 2 is 2.33 bits per heavy atom. The van der Waals surface area contributed by atoms with E-state index in [-0.39, 0.29) is 17.3 Å². The van der Waals surface area contributed by atoms with Crippen LogP contribution in [0.25, 0.3) is 5.57 Å². The molecule has 5 nitrogen and oxygen atoms in total. The van der Waals surface area contributed by atoms with Crippen LogP contribution in [0.15, 0.2) is 18.6 Å². The zero-order valence-electron chi connectivity index (χ0n) is 8.11. The van der Waals surface area contributed by atoms with Crippen LogP contribution in [0, 0.1) is 0 Å². The molecule has 2 N–H and O–H groups in total. The molecule has 0 aliphatic rings. The molecule has 15 heavy (non-hydrogen) atoms. The smallest absolute Gasteiger partial charge is 0.341 e. The van der Waals surface area contributed by atoms with Crippen LogP contribution in [-0.4, -0.2) is 22.5 Å². The van der Waals surface area contributed by atoms with E-state index < -0.39 is 5.97 Å². The molecule has 0 amide bonds. The fraction of sp³-hybridized carbons (Fsp3) is 0.222. The van der Waals surface area contributed by atoms with Gasteiger partial charge in [-0.2, -0.15) is 0 Å². The van der Waals surface area contributed by atoms with E-state index in [1.165, 1.54) is 12.4 Å². The Balaban J connectivity index is 2.94. The van der Waals surface area contributed by atoms with Crippen LogP contribution in [0.3, 0.4) is 0 Å². The van der Waals surface area contributed by atoms with Crippen molar-refractivity contribution in [3.8, 4) is 0 Å². The second-order valence-corrected chi connectivity index (χ2v) is 2.91. The van der Waals surface area contributed by atoms with Crippen molar-refractivity contribution in [2.75, 3.05) is 6.61 Å². The van der Waals surface area contributed by atoms with Crippen LogP contribution in [0.4, 0.5) is 0 Å². The number of halogens is 1. The number of nitrogens with two attached hydrogens (primary N) is 1. The van der Waals surface area contributed by atoms with E-state index in [2.05, 4.69) is 9.97 Å². The molecule has 0 saturated carbocycles. The van der Waals surface area contributed by atoms with E-state index >= 15 is 0 Å². The monoisotopic (exact) mass is 227 g/mol. The first-order valence-corrected chi connectivity index (χ1v) is 4.63. The second-order valence-electron chi connectivity index (χ2n) is 2.53. The first-order valence-electron chi connectivity index (χ1n) is 4.26. The van der Waals surface area contributed by atoms with Crippen molar-refractivity contribution < 1.29 is 9.53 Å². The van der Waals surface area contributed by atoms with Crippen molar-refractivity contribution in [2.24, 2.45) is 5.73 Å². The average molecular weight is 228 g/mol. The molecule has 0 aliphatic carbocycles. The average Bonchev–Trinajstić information content (AvgIpc) is 2.22. The highest BCUT2D eigenvalue weighted by Gasteiger charge is 2.14. The van der Waals surface area contributed by atoms with Gasteiger partial charge in [0.05, 0.1) is 24.7 Å². The summed E-state index contributed by atoms with van der Waals surface area (Å²) in [5.74, 6) is -0.531. The number of ether oxygens (including phenoxy) is 1. The lowest BCUT2D eigenvalue weighted by Gasteiger charge is -2.04. The molecule has 1 aromatic heterocycles. The summed E-state index contributed by atoms with van der Waals surface area (Å²) in [5.41, 5.74) is 5.81. The lowest BCUT2D eigenvalue weighted by Crippen LogP contribution is -2.09. The summed E-state index contributed by atoms with van der Waals surface area (Å²) >= 11 is 5.56. The Morgan fingerprint density at radius 1 is 1.60 bits per heavy atom. The lowest BCUT2D eigenvalue weighted by molar-refractivity contribution is -0.136. The Morgan fingerprint density at radius 3 is 2.80 bits per heavy atom. The highest BCUT2D eigenvalue weighted by Crippen LogP contribution is 2.12. The number of hydrogen-bond donors (Lipinski definition) is 1. The Kier molecular flexibility index (Phi) is 4.05. The summed E-state index contributed by atoms with van der Waals surface area (Å²) in [6.45, 7) is 1.98. The van der Waals surface area contributed by atoms with Gasteiger partial charge in [-0.05, 0) is 6.92 Å². The maximum absolute atomic E-state index is 11.4. The first-order chi connectivity index (χ1) is 7.19. The van der Waals surface area contributed by atoms with Gasteiger partial charge in [0.2, 0.25) is 0 Å². The lowest BCUT2D eigenvalue weighted by atomic mass is 10.2. The molecule has 0 fully saturated rings. The number of carbonyl (C=O) groups is 1. The molecule has 0 aliphatic heterocycles. The van der Waals surface area contributed by atoms with Crippen molar-refractivity contribution in [1.29, 1.82) is 0 Å². The summed E-state index contributed by atoms with van der Waals surface area (Å²) in [4.78, 5) is 19.1. The number of hydrogen-bond acceptors (Lipinski definition) is 5. The van der Waals surface area contributed by atoms with Gasteiger partial charge in [0.1, 0.15) is 10.7 Å². The highest BCUT2D eigenvalue weighted by atomic mass is 35.5. The van der Waals surface area contributed by atoms with Crippen LogP contribution in [-0.2, 0) is 9.53 Å². The Labute approximate surface area is 91.9 Å². The SMILES string of the molecule is CCOC(=O)/C(=C/N)c1cnc(Cl)cn1. The maximum Gasteiger partial charge on any atom is 0.341 e. The van der Waals surface area contributed by atoms with Gasteiger partial charge in [-0.15, -0.1) is 0 Å². The number of esters is 1. The largest absolute Gasteiger partial charge is 0.462 e. The second kappa shape index (κ2) is 5.31. The minimum Gasteiger partial charge on any atom is -0.462 e. The summed E-state index contributed by atoms with van der Waals surface area (Å²) in [7, 11) is 0. The molecule has 1 heterocycles. The molecule has 0 unspecified atom stereocenters. The van der Waals surface area contributed by atoms with Gasteiger partial charge in [-0.3, -0.25) is 4.98 Å². The van der Waals surface area contributed by atoms with Gasteiger partial charge >= 0.3 is 5.97 Å². The molecule has 80 valence electrons. The van der Waals surface area contributed by atoms with Crippen LogP contribution < -0.4 is 5.73 Å². The van der Waals surface area contributed by atoms with Gasteiger partial charge in [-0.25, -0.2) is 9.78 Å². The van der Waals surface area contributed by atoms with Gasteiger partial charge < -0.3 is 10.5 Å². The van der Waals surface area contributed by atoms with Gasteiger partial charge in [-0.1, -0.05) is 11.6 Å². The number of nitrogens with zero attached hydrogens (tertiary/aromatic N) is 2. The fourth-order valence-corrected chi connectivity index (χ4v) is 1.02. The number of aromatic nitrogens is 2. The van der Waals surface area contributed by atoms with Crippen LogP contribution in [0.5, 0.6) is 0 Å². The van der Waals surface area contributed by atoms with Crippen LogP contribution >= 0.6 is 11.6 Å². The quantitative estimate of drug-likeness (QED) is 0.616. The minimum atomic E-state index is -0.531. The van der Waals surface area contributed by atoms with Crippen molar-refractivity contribution in [3.63, 3.8) is 0 Å². The summed E-state index contributed by atoms with van der Waals surface area (Å²) in [5, 5.41) is 0.249. The first kappa shape index (κ1) is 11.5. The zero-order chi connectivity index (χ0) is 11.3. The minimum absolute atomic E-state index is 0.168. The molecular weight excluding hydrogens is 218 g/mol. The standard InChI is InChI=1S/C9H10ClN3O2/c1-2-15-9(14)6(3-11)7-4-13-8(10)5-12-7/h3-5H,2,11H2,1H3/b6-3+. The Bertz CT molecular complexity index is 375. The van der Waals surface area contributed by atoms with Gasteiger partial charge in [0.25, 0.3) is 0 Å². The fourth-order valence-electron chi connectivity index (χ4n) is 0.918. The molecule has 0 atom stereocenters. The summed E-state index contributed by atoms with van der Waals surface area (Å²) in [6, 6.07) is 0. The van der Waals surface area contributed by atoms with E-state index in [4.69, 9.17) is 22.1 Å². The highest BCUT2D eigenvalue weighted by molar-refractivity contribution is 6.29. The predicted octanol–water partition coefficient (Wildman–Crippen LogP) is 0.993. The van der Waals surface area contributed by atoms with E-state index in [0.29, 0.717) is 5.69 Å². The predicted molar refractivity (Wildman–Crippen MR) is 55.8 cm³/mol. The van der Waals surface area contributed by atoms with Crippen LogP contribution in [0.1, 0.15) is 12.6 Å². The zero-order valence-corrected chi connectivity index (χ0v) is 8.86. The molecule has 0 saturated heterocycles. The molecular formula is C9H10ClN3O2. The van der Waals surface area contributed by atoms with Gasteiger partial charge in [0.15, 0.2) is 0 Å². The molecule has 1 rings (SSSR count). The molecule has 0 spiro atoms. The normalized spacial score (nSPS) is 11.2. The van der Waals surface area contributed by atoms with E-state index in [1.807, 2.05) is 0 Å². The van der Waals surface area contributed by atoms with Crippen LogP contribution in [0.2, 0.25) is 5.15 Å². The van der Waals surface area contributed by atoms with E-state index in [9.17, 15) is 4.79 Å². The third-order valence-corrected chi connectivity index (χ3v) is 1.75. The van der Waals surface area contributed by atoms with Crippen molar-refractivity contribution in [3.05, 3.63) is 29.4 Å². The number of carbonyl (C=O) groups excluding carboxylic acids is 1. The molecule has 6 heteroatoms. The Hall–Kier alpha value is -1.62. The van der Waals surface area contributed by atoms with Crippen molar-refractivity contribution in [2.45, 2.75) is 6.92 Å². The summed E-state index contributed by atoms with van der Waals surface area (Å²) < 4.78 is 4.79. The molecule has 1 aromatic rings. The van der Waals surface area contributed by atoms with Crippen molar-refractivity contribution in [1.82, 2.24) is 9.97 Å². The van der Waals surface area contributed by atoms with Crippen molar-refractivity contribution >= 4 is 23.1 Å².